The largest absolute Gasteiger partial charge is 0.466 e. The van der Waals surface area contributed by atoms with Crippen LogP contribution in [0.25, 0.3) is 0 Å². The fraction of sp³-hybridized carbons (Fsp3) is 0.267. The molecule has 0 aromatic heterocycles. The van der Waals surface area contributed by atoms with E-state index in [-0.39, 0.29) is 11.7 Å². The molecule has 122 valence electrons. The average molecular weight is 319 g/mol. The van der Waals surface area contributed by atoms with E-state index >= 15 is 0 Å². The fourth-order valence-electron chi connectivity index (χ4n) is 2.09. The van der Waals surface area contributed by atoms with E-state index in [1.54, 1.807) is 24.3 Å². The second-order valence-corrected chi connectivity index (χ2v) is 4.60. The molecule has 1 aromatic carbocycles. The molecule has 2 amide bonds. The third-order valence-electron chi connectivity index (χ3n) is 3.19. The topological polar surface area (TPSA) is 97.0 Å². The highest BCUT2D eigenvalue weighted by molar-refractivity contribution is 6.02. The van der Waals surface area contributed by atoms with E-state index in [0.717, 1.165) is 6.08 Å². The molecular formula is C15H17N3O5. The van der Waals surface area contributed by atoms with Gasteiger partial charge in [-0.25, -0.2) is 14.4 Å². The Bertz CT molecular complexity index is 656. The van der Waals surface area contributed by atoms with Crippen LogP contribution in [0.4, 0.5) is 16.2 Å². The number of hydrogen-bond donors (Lipinski definition) is 2. The summed E-state index contributed by atoms with van der Waals surface area (Å²) in [6, 6.07) is 6.71. The predicted octanol–water partition coefficient (Wildman–Crippen LogP) is 0.858. The second kappa shape index (κ2) is 7.30. The molecule has 23 heavy (non-hydrogen) atoms. The Kier molecular flexibility index (Phi) is 5.19. The number of para-hydroxylation sites is 2. The number of anilines is 2. The molecule has 0 saturated carbocycles. The summed E-state index contributed by atoms with van der Waals surface area (Å²) in [4.78, 5) is 36.6. The summed E-state index contributed by atoms with van der Waals surface area (Å²) in [6.07, 6.45) is 0.993. The van der Waals surface area contributed by atoms with Crippen molar-refractivity contribution in [2.75, 3.05) is 37.5 Å². The van der Waals surface area contributed by atoms with Gasteiger partial charge in [-0.1, -0.05) is 12.1 Å². The minimum Gasteiger partial charge on any atom is -0.466 e. The van der Waals surface area contributed by atoms with E-state index in [1.165, 1.54) is 19.1 Å². The number of amides is 2. The van der Waals surface area contributed by atoms with Gasteiger partial charge in [0.25, 0.3) is 0 Å². The van der Waals surface area contributed by atoms with Crippen LogP contribution in [0.3, 0.4) is 0 Å². The SMILES string of the molecule is COC(=O)/C=C(/Nc1ccccc1N1CCNC1=O)C(=O)OC. The molecular weight excluding hydrogens is 302 g/mol. The van der Waals surface area contributed by atoms with Crippen LogP contribution in [-0.4, -0.2) is 45.3 Å². The summed E-state index contributed by atoms with van der Waals surface area (Å²) >= 11 is 0. The first kappa shape index (κ1) is 16.3. The van der Waals surface area contributed by atoms with Crippen LogP contribution in [0, 0.1) is 0 Å². The molecule has 0 aliphatic carbocycles. The molecule has 2 N–H and O–H groups in total. The van der Waals surface area contributed by atoms with Gasteiger partial charge in [-0.3, -0.25) is 4.90 Å². The minimum absolute atomic E-state index is 0.0913. The summed E-state index contributed by atoms with van der Waals surface area (Å²) in [5, 5.41) is 5.53. The van der Waals surface area contributed by atoms with E-state index in [2.05, 4.69) is 20.1 Å². The number of urea groups is 1. The lowest BCUT2D eigenvalue weighted by molar-refractivity contribution is -0.138. The molecule has 2 rings (SSSR count). The highest BCUT2D eigenvalue weighted by Crippen LogP contribution is 2.28. The first-order chi connectivity index (χ1) is 11.1. The number of carbonyl (C=O) groups is 3. The van der Waals surface area contributed by atoms with Crippen molar-refractivity contribution < 1.29 is 23.9 Å². The molecule has 0 unspecified atom stereocenters. The molecule has 0 radical (unpaired) electrons. The molecule has 0 spiro atoms. The number of methoxy groups -OCH3 is 2. The van der Waals surface area contributed by atoms with Gasteiger partial charge in [-0.05, 0) is 12.1 Å². The number of hydrogen-bond acceptors (Lipinski definition) is 6. The molecule has 0 bridgehead atoms. The lowest BCUT2D eigenvalue weighted by Crippen LogP contribution is -2.28. The van der Waals surface area contributed by atoms with Crippen LogP contribution in [-0.2, 0) is 19.1 Å². The van der Waals surface area contributed by atoms with Gasteiger partial charge in [0.05, 0.1) is 31.7 Å². The number of benzene rings is 1. The van der Waals surface area contributed by atoms with Gasteiger partial charge in [0.1, 0.15) is 5.70 Å². The number of nitrogens with one attached hydrogen (secondary N) is 2. The number of esters is 2. The van der Waals surface area contributed by atoms with Gasteiger partial charge < -0.3 is 20.1 Å². The van der Waals surface area contributed by atoms with Crippen LogP contribution >= 0.6 is 0 Å². The Balaban J connectivity index is 2.33. The van der Waals surface area contributed by atoms with E-state index in [4.69, 9.17) is 0 Å². The highest BCUT2D eigenvalue weighted by atomic mass is 16.5. The molecule has 1 aromatic rings. The average Bonchev–Trinajstić information content (AvgIpc) is 2.99. The molecule has 1 fully saturated rings. The summed E-state index contributed by atoms with van der Waals surface area (Å²) < 4.78 is 9.17. The van der Waals surface area contributed by atoms with Crippen molar-refractivity contribution in [2.24, 2.45) is 0 Å². The Morgan fingerprint density at radius 2 is 2.00 bits per heavy atom. The predicted molar refractivity (Wildman–Crippen MR) is 82.9 cm³/mol. The normalized spacial score (nSPS) is 14.3. The van der Waals surface area contributed by atoms with Crippen LogP contribution in [0.1, 0.15) is 0 Å². The molecule has 1 aliphatic heterocycles. The lowest BCUT2D eigenvalue weighted by atomic mass is 10.2. The summed E-state index contributed by atoms with van der Waals surface area (Å²) in [6.45, 7) is 1.04. The monoisotopic (exact) mass is 319 g/mol. The lowest BCUT2D eigenvalue weighted by Gasteiger charge is -2.19. The minimum atomic E-state index is -0.726. The maximum atomic E-state index is 11.8. The Hall–Kier alpha value is -3.03. The summed E-state index contributed by atoms with van der Waals surface area (Å²) in [5.74, 6) is -1.43. The number of rotatable bonds is 5. The molecule has 1 saturated heterocycles. The zero-order chi connectivity index (χ0) is 16.8. The van der Waals surface area contributed by atoms with Crippen molar-refractivity contribution in [3.8, 4) is 0 Å². The van der Waals surface area contributed by atoms with E-state index in [0.29, 0.717) is 24.5 Å². The van der Waals surface area contributed by atoms with Gasteiger partial charge in [0, 0.05) is 13.1 Å². The van der Waals surface area contributed by atoms with Crippen molar-refractivity contribution in [1.82, 2.24) is 5.32 Å². The van der Waals surface area contributed by atoms with Gasteiger partial charge in [-0.2, -0.15) is 0 Å². The first-order valence-electron chi connectivity index (χ1n) is 6.86. The number of nitrogens with zero attached hydrogens (tertiary/aromatic N) is 1. The molecule has 1 heterocycles. The third-order valence-corrected chi connectivity index (χ3v) is 3.19. The number of ether oxygens (including phenoxy) is 2. The molecule has 1 aliphatic rings. The quantitative estimate of drug-likeness (QED) is 0.617. The molecule has 0 atom stereocenters. The first-order valence-corrected chi connectivity index (χ1v) is 6.86. The highest BCUT2D eigenvalue weighted by Gasteiger charge is 2.24. The van der Waals surface area contributed by atoms with Crippen LogP contribution in [0.5, 0.6) is 0 Å². The molecule has 8 nitrogen and oxygen atoms in total. The van der Waals surface area contributed by atoms with Crippen LogP contribution in [0.2, 0.25) is 0 Å². The van der Waals surface area contributed by atoms with Crippen molar-refractivity contribution in [2.45, 2.75) is 0 Å². The second-order valence-electron chi connectivity index (χ2n) is 4.60. The van der Waals surface area contributed by atoms with E-state index in [1.807, 2.05) is 0 Å². The maximum Gasteiger partial charge on any atom is 0.354 e. The Morgan fingerprint density at radius 3 is 2.61 bits per heavy atom. The zero-order valence-electron chi connectivity index (χ0n) is 12.8. The van der Waals surface area contributed by atoms with Crippen LogP contribution < -0.4 is 15.5 Å². The Labute approximate surface area is 133 Å². The smallest absolute Gasteiger partial charge is 0.354 e. The van der Waals surface area contributed by atoms with Crippen molar-refractivity contribution >= 4 is 29.3 Å². The summed E-state index contributed by atoms with van der Waals surface area (Å²) in [5.41, 5.74) is 0.985. The zero-order valence-corrected chi connectivity index (χ0v) is 12.8. The van der Waals surface area contributed by atoms with Crippen molar-refractivity contribution in [3.63, 3.8) is 0 Å². The van der Waals surface area contributed by atoms with E-state index in [9.17, 15) is 14.4 Å². The van der Waals surface area contributed by atoms with Gasteiger partial charge in [0.15, 0.2) is 0 Å². The Morgan fingerprint density at radius 1 is 1.26 bits per heavy atom. The number of carbonyl (C=O) groups excluding carboxylic acids is 3. The summed E-state index contributed by atoms with van der Waals surface area (Å²) in [7, 11) is 2.41. The standard InChI is InChI=1S/C15H17N3O5/c1-22-13(19)9-11(14(20)23-2)17-10-5-3-4-6-12(10)18-8-7-16-15(18)21/h3-6,9,17H,7-8H2,1-2H3,(H,16,21)/b11-9+. The molecule has 8 heteroatoms. The fourth-order valence-corrected chi connectivity index (χ4v) is 2.09. The van der Waals surface area contributed by atoms with Crippen molar-refractivity contribution in [1.29, 1.82) is 0 Å². The van der Waals surface area contributed by atoms with Crippen molar-refractivity contribution in [3.05, 3.63) is 36.0 Å². The van der Waals surface area contributed by atoms with Gasteiger partial charge in [0.2, 0.25) is 0 Å². The van der Waals surface area contributed by atoms with Gasteiger partial charge in [-0.15, -0.1) is 0 Å². The van der Waals surface area contributed by atoms with Crippen LogP contribution in [0.15, 0.2) is 36.0 Å². The van der Waals surface area contributed by atoms with Gasteiger partial charge >= 0.3 is 18.0 Å². The maximum absolute atomic E-state index is 11.8. The third kappa shape index (κ3) is 3.79. The van der Waals surface area contributed by atoms with E-state index < -0.39 is 11.9 Å².